The van der Waals surface area contributed by atoms with Crippen molar-refractivity contribution in [1.29, 1.82) is 0 Å². The molecule has 0 unspecified atom stereocenters. The fraction of sp³-hybridized carbons (Fsp3) is 0.692. The van der Waals surface area contributed by atoms with E-state index in [1.54, 1.807) is 0 Å². The van der Waals surface area contributed by atoms with E-state index < -0.39 is 0 Å². The van der Waals surface area contributed by atoms with Crippen LogP contribution in [0.4, 0.5) is 5.13 Å². The maximum atomic E-state index is 4.59. The van der Waals surface area contributed by atoms with Crippen molar-refractivity contribution in [2.24, 2.45) is 0 Å². The zero-order valence-electron chi connectivity index (χ0n) is 12.4. The summed E-state index contributed by atoms with van der Waals surface area (Å²) in [6.07, 6.45) is 0.881. The van der Waals surface area contributed by atoms with E-state index in [0.717, 1.165) is 42.1 Å². The normalized spacial score (nSPS) is 18.6. The van der Waals surface area contributed by atoms with Crippen molar-refractivity contribution in [2.75, 3.05) is 11.4 Å². The van der Waals surface area contributed by atoms with Gasteiger partial charge in [-0.2, -0.15) is 4.37 Å². The molecule has 0 spiro atoms. The third-order valence-corrected chi connectivity index (χ3v) is 4.54. The topological polar surface area (TPSA) is 59.7 Å². The summed E-state index contributed by atoms with van der Waals surface area (Å²) in [5, 5.41) is 9.74. The smallest absolute Gasteiger partial charge is 0.205 e. The number of nitrogens with zero attached hydrogens (tertiary/aromatic N) is 6. The summed E-state index contributed by atoms with van der Waals surface area (Å²) in [5.41, 5.74) is 0. The van der Waals surface area contributed by atoms with Crippen molar-refractivity contribution < 1.29 is 0 Å². The molecule has 0 saturated carbocycles. The summed E-state index contributed by atoms with van der Waals surface area (Å²) < 4.78 is 6.64. The van der Waals surface area contributed by atoms with Gasteiger partial charge in [-0.1, -0.05) is 20.8 Å². The Bertz CT molecular complexity index is 602. The second-order valence-electron chi connectivity index (χ2n) is 5.44. The second-order valence-corrected chi connectivity index (χ2v) is 6.17. The van der Waals surface area contributed by atoms with Gasteiger partial charge in [0.05, 0.1) is 6.04 Å². The van der Waals surface area contributed by atoms with Crippen LogP contribution in [0.3, 0.4) is 0 Å². The van der Waals surface area contributed by atoms with E-state index in [4.69, 9.17) is 0 Å². The van der Waals surface area contributed by atoms with E-state index >= 15 is 0 Å². The maximum absolute atomic E-state index is 4.59. The van der Waals surface area contributed by atoms with Crippen molar-refractivity contribution in [3.05, 3.63) is 17.5 Å². The van der Waals surface area contributed by atoms with Gasteiger partial charge < -0.3 is 9.47 Å². The van der Waals surface area contributed by atoms with Gasteiger partial charge in [0.1, 0.15) is 11.6 Å². The Morgan fingerprint density at radius 2 is 2.10 bits per heavy atom. The Kier molecular flexibility index (Phi) is 3.45. The van der Waals surface area contributed by atoms with Crippen molar-refractivity contribution in [2.45, 2.75) is 52.6 Å². The highest BCUT2D eigenvalue weighted by atomic mass is 32.1. The van der Waals surface area contributed by atoms with Crippen LogP contribution in [0, 0.1) is 0 Å². The van der Waals surface area contributed by atoms with Crippen LogP contribution in [0.1, 0.15) is 57.1 Å². The molecule has 0 amide bonds. The lowest BCUT2D eigenvalue weighted by Crippen LogP contribution is -2.37. The lowest BCUT2D eigenvalue weighted by molar-refractivity contribution is 0.479. The summed E-state index contributed by atoms with van der Waals surface area (Å²) in [4.78, 5) is 6.88. The molecule has 0 aromatic carbocycles. The minimum Gasteiger partial charge on any atom is -0.335 e. The maximum Gasteiger partial charge on any atom is 0.205 e. The molecule has 0 aliphatic carbocycles. The van der Waals surface area contributed by atoms with E-state index in [1.807, 2.05) is 0 Å². The van der Waals surface area contributed by atoms with Gasteiger partial charge in [0, 0.05) is 37.0 Å². The lowest BCUT2D eigenvalue weighted by atomic mass is 10.1. The van der Waals surface area contributed by atoms with E-state index in [0.29, 0.717) is 5.92 Å². The van der Waals surface area contributed by atoms with E-state index in [9.17, 15) is 0 Å². The fourth-order valence-corrected chi connectivity index (χ4v) is 3.46. The number of anilines is 1. The summed E-state index contributed by atoms with van der Waals surface area (Å²) >= 11 is 1.48. The predicted molar refractivity (Wildman–Crippen MR) is 79.2 cm³/mol. The van der Waals surface area contributed by atoms with Gasteiger partial charge in [0.2, 0.25) is 5.13 Å². The molecular weight excluding hydrogens is 272 g/mol. The van der Waals surface area contributed by atoms with Crippen LogP contribution in [0.25, 0.3) is 0 Å². The highest BCUT2D eigenvalue weighted by Crippen LogP contribution is 2.31. The molecule has 3 rings (SSSR count). The highest BCUT2D eigenvalue weighted by Gasteiger charge is 2.30. The van der Waals surface area contributed by atoms with Gasteiger partial charge in [-0.15, -0.1) is 10.2 Å². The molecule has 1 atom stereocenters. The van der Waals surface area contributed by atoms with Gasteiger partial charge in [-0.3, -0.25) is 0 Å². The molecule has 20 heavy (non-hydrogen) atoms. The van der Waals surface area contributed by atoms with Crippen molar-refractivity contribution in [3.8, 4) is 0 Å². The van der Waals surface area contributed by atoms with E-state index in [2.05, 4.69) is 56.7 Å². The number of rotatable bonds is 3. The Balaban J connectivity index is 1.91. The first-order valence-electron chi connectivity index (χ1n) is 7.14. The summed E-state index contributed by atoms with van der Waals surface area (Å²) in [6.45, 7) is 10.4. The zero-order chi connectivity index (χ0) is 14.3. The molecule has 6 nitrogen and oxygen atoms in total. The Morgan fingerprint density at radius 3 is 2.75 bits per heavy atom. The first-order chi connectivity index (χ1) is 9.61. The zero-order valence-corrected chi connectivity index (χ0v) is 13.2. The van der Waals surface area contributed by atoms with E-state index in [-0.39, 0.29) is 6.04 Å². The van der Waals surface area contributed by atoms with Crippen molar-refractivity contribution in [1.82, 2.24) is 24.1 Å². The van der Waals surface area contributed by atoms with Crippen molar-refractivity contribution in [3.63, 3.8) is 0 Å². The molecule has 0 fully saturated rings. The Labute approximate surface area is 123 Å². The van der Waals surface area contributed by atoms with Gasteiger partial charge in [-0.25, -0.2) is 4.98 Å². The van der Waals surface area contributed by atoms with Crippen LogP contribution in [0.2, 0.25) is 0 Å². The summed E-state index contributed by atoms with van der Waals surface area (Å²) in [7, 11) is 0. The standard InChI is InChI=1S/C13H20N6S/c1-5-10-14-13(20-17-10)18-6-7-19-11(8(2)3)15-16-12(19)9(18)4/h8-9H,5-7H2,1-4H3/t9-/m0/s1. The van der Waals surface area contributed by atoms with Crippen LogP contribution >= 0.6 is 11.5 Å². The first kappa shape index (κ1) is 13.5. The molecule has 7 heteroatoms. The fourth-order valence-electron chi connectivity index (χ4n) is 2.60. The highest BCUT2D eigenvalue weighted by molar-refractivity contribution is 7.09. The first-order valence-corrected chi connectivity index (χ1v) is 7.91. The molecule has 2 aromatic heterocycles. The lowest BCUT2D eigenvalue weighted by Gasteiger charge is -2.33. The number of fused-ring (bicyclic) bond motifs is 1. The largest absolute Gasteiger partial charge is 0.335 e. The molecule has 0 bridgehead atoms. The third-order valence-electron chi connectivity index (χ3n) is 3.75. The molecular formula is C13H20N6S. The SMILES string of the molecule is CCc1nsc(N2CCn3c(C(C)C)nnc3[C@@H]2C)n1. The van der Waals surface area contributed by atoms with Gasteiger partial charge >= 0.3 is 0 Å². The Hall–Kier alpha value is -1.50. The molecule has 3 heterocycles. The van der Waals surface area contributed by atoms with Crippen LogP contribution < -0.4 is 4.90 Å². The number of hydrogen-bond acceptors (Lipinski definition) is 6. The van der Waals surface area contributed by atoms with Crippen LogP contribution in [-0.4, -0.2) is 30.7 Å². The molecule has 2 aromatic rings. The summed E-state index contributed by atoms with van der Waals surface area (Å²) in [6, 6.07) is 0.196. The average molecular weight is 292 g/mol. The van der Waals surface area contributed by atoms with Gasteiger partial charge in [-0.05, 0) is 6.92 Å². The van der Waals surface area contributed by atoms with Crippen LogP contribution in [0.15, 0.2) is 0 Å². The molecule has 1 aliphatic heterocycles. The Morgan fingerprint density at radius 1 is 1.30 bits per heavy atom. The molecule has 0 radical (unpaired) electrons. The number of hydrogen-bond donors (Lipinski definition) is 0. The number of aryl methyl sites for hydroxylation is 1. The van der Waals surface area contributed by atoms with Crippen LogP contribution in [-0.2, 0) is 13.0 Å². The summed E-state index contributed by atoms with van der Waals surface area (Å²) in [5.74, 6) is 3.45. The van der Waals surface area contributed by atoms with Crippen LogP contribution in [0.5, 0.6) is 0 Å². The molecule has 0 saturated heterocycles. The third kappa shape index (κ3) is 2.09. The minimum atomic E-state index is 0.196. The monoisotopic (exact) mass is 292 g/mol. The van der Waals surface area contributed by atoms with Gasteiger partial charge in [0.15, 0.2) is 5.82 Å². The molecule has 1 aliphatic rings. The van der Waals surface area contributed by atoms with Gasteiger partial charge in [0.25, 0.3) is 0 Å². The average Bonchev–Trinajstić information content (AvgIpc) is 3.05. The quantitative estimate of drug-likeness (QED) is 0.869. The van der Waals surface area contributed by atoms with E-state index in [1.165, 1.54) is 11.5 Å². The minimum absolute atomic E-state index is 0.196. The second kappa shape index (κ2) is 5.12. The van der Waals surface area contributed by atoms with Crippen molar-refractivity contribution >= 4 is 16.7 Å². The predicted octanol–water partition coefficient (Wildman–Crippen LogP) is 2.40. The number of aromatic nitrogens is 5. The molecule has 108 valence electrons. The molecule has 0 N–H and O–H groups in total.